The van der Waals surface area contributed by atoms with Crippen LogP contribution in [0.25, 0.3) is 4.96 Å². The molecule has 1 saturated heterocycles. The second-order valence-corrected chi connectivity index (χ2v) is 8.88. The summed E-state index contributed by atoms with van der Waals surface area (Å²) in [5.41, 5.74) is 2.22. The van der Waals surface area contributed by atoms with Gasteiger partial charge in [-0.3, -0.25) is 4.90 Å². The van der Waals surface area contributed by atoms with Gasteiger partial charge in [-0.15, -0.1) is 0 Å². The quantitative estimate of drug-likeness (QED) is 0.507. The van der Waals surface area contributed by atoms with Crippen LogP contribution in [-0.4, -0.2) is 37.7 Å². The van der Waals surface area contributed by atoms with Gasteiger partial charge in [0.05, 0.1) is 10.9 Å². The summed E-state index contributed by atoms with van der Waals surface area (Å²) in [5, 5.41) is 14.9. The summed E-state index contributed by atoms with van der Waals surface area (Å²) < 4.78 is 15.5. The number of nitrogens with zero attached hydrogens (tertiary/aromatic N) is 4. The van der Waals surface area contributed by atoms with Crippen molar-refractivity contribution in [3.05, 3.63) is 82.7 Å². The van der Waals surface area contributed by atoms with Crippen LogP contribution in [0.15, 0.2) is 60.9 Å². The molecule has 2 aromatic carbocycles. The number of benzene rings is 2. The van der Waals surface area contributed by atoms with Gasteiger partial charge < -0.3 is 5.11 Å². The molecule has 0 bridgehead atoms. The van der Waals surface area contributed by atoms with E-state index in [0.717, 1.165) is 42.8 Å². The standard InChI is InChI=1S/C23H23FN4OS/c24-19-8-4-7-18(14-19)20(21-22(29)28-23(30-21)25-15-26-28)27-11-9-17(10-12-27)13-16-5-2-1-3-6-16/h1-8,14-15,17,20,29H,9-13H2. The van der Waals surface area contributed by atoms with E-state index in [4.69, 9.17) is 0 Å². The third-order valence-electron chi connectivity index (χ3n) is 5.93. The molecule has 1 fully saturated rings. The number of thiazole rings is 1. The normalized spacial score (nSPS) is 16.8. The fourth-order valence-electron chi connectivity index (χ4n) is 4.44. The minimum atomic E-state index is -0.268. The molecule has 2 aromatic heterocycles. The number of piperidine rings is 1. The minimum absolute atomic E-state index is 0.0909. The Morgan fingerprint density at radius 2 is 1.90 bits per heavy atom. The maximum Gasteiger partial charge on any atom is 0.230 e. The van der Waals surface area contributed by atoms with E-state index in [0.29, 0.717) is 10.9 Å². The summed E-state index contributed by atoms with van der Waals surface area (Å²) in [4.78, 5) is 7.97. The van der Waals surface area contributed by atoms with Gasteiger partial charge in [-0.2, -0.15) is 9.61 Å². The van der Waals surface area contributed by atoms with Gasteiger partial charge >= 0.3 is 0 Å². The Kier molecular flexibility index (Phi) is 5.23. The van der Waals surface area contributed by atoms with Crippen molar-refractivity contribution in [1.82, 2.24) is 19.5 Å². The molecular weight excluding hydrogens is 399 g/mol. The summed E-state index contributed by atoms with van der Waals surface area (Å²) >= 11 is 1.41. The van der Waals surface area contributed by atoms with Crippen molar-refractivity contribution in [2.75, 3.05) is 13.1 Å². The fraction of sp³-hybridized carbons (Fsp3) is 0.304. The number of fused-ring (bicyclic) bond motifs is 1. The average molecular weight is 423 g/mol. The van der Waals surface area contributed by atoms with Crippen LogP contribution in [0.5, 0.6) is 5.88 Å². The largest absolute Gasteiger partial charge is 0.492 e. The van der Waals surface area contributed by atoms with E-state index in [2.05, 4.69) is 45.3 Å². The highest BCUT2D eigenvalue weighted by atomic mass is 32.1. The molecule has 0 radical (unpaired) electrons. The number of hydrogen-bond donors (Lipinski definition) is 1. The second kappa shape index (κ2) is 8.16. The van der Waals surface area contributed by atoms with E-state index in [1.54, 1.807) is 12.1 Å². The van der Waals surface area contributed by atoms with Gasteiger partial charge in [0.25, 0.3) is 0 Å². The number of rotatable bonds is 5. The first-order valence-corrected chi connectivity index (χ1v) is 11.1. The van der Waals surface area contributed by atoms with E-state index in [9.17, 15) is 9.50 Å². The van der Waals surface area contributed by atoms with Gasteiger partial charge in [-0.05, 0) is 61.5 Å². The Bertz CT molecular complexity index is 1130. The summed E-state index contributed by atoms with van der Waals surface area (Å²) in [7, 11) is 0. The number of halogens is 1. The van der Waals surface area contributed by atoms with Gasteiger partial charge in [0.1, 0.15) is 12.1 Å². The molecular formula is C23H23FN4OS. The zero-order valence-corrected chi connectivity index (χ0v) is 17.3. The first-order valence-electron chi connectivity index (χ1n) is 10.2. The predicted octanol–water partition coefficient (Wildman–Crippen LogP) is 4.68. The van der Waals surface area contributed by atoms with Crippen molar-refractivity contribution in [1.29, 1.82) is 0 Å². The Morgan fingerprint density at radius 1 is 1.10 bits per heavy atom. The summed E-state index contributed by atoms with van der Waals surface area (Å²) in [6.07, 6.45) is 4.66. The second-order valence-electron chi connectivity index (χ2n) is 7.87. The summed E-state index contributed by atoms with van der Waals surface area (Å²) in [5.74, 6) is 0.455. The van der Waals surface area contributed by atoms with Crippen LogP contribution in [0.1, 0.15) is 34.9 Å². The number of hydrogen-bond acceptors (Lipinski definition) is 5. The third kappa shape index (κ3) is 3.70. The van der Waals surface area contributed by atoms with Crippen LogP contribution in [-0.2, 0) is 6.42 Å². The summed E-state index contributed by atoms with van der Waals surface area (Å²) in [6, 6.07) is 17.1. The molecule has 3 heterocycles. The summed E-state index contributed by atoms with van der Waals surface area (Å²) in [6.45, 7) is 1.79. The smallest absolute Gasteiger partial charge is 0.230 e. The van der Waals surface area contributed by atoms with Gasteiger partial charge in [0.2, 0.25) is 10.8 Å². The van der Waals surface area contributed by atoms with Crippen LogP contribution in [0.2, 0.25) is 0 Å². The van der Waals surface area contributed by atoms with Crippen LogP contribution in [0, 0.1) is 11.7 Å². The zero-order chi connectivity index (χ0) is 20.5. The van der Waals surface area contributed by atoms with Crippen molar-refractivity contribution < 1.29 is 9.50 Å². The average Bonchev–Trinajstić information content (AvgIpc) is 3.34. The van der Waals surface area contributed by atoms with Gasteiger partial charge in [-0.25, -0.2) is 9.37 Å². The molecule has 0 amide bonds. The molecule has 1 N–H and O–H groups in total. The molecule has 5 rings (SSSR count). The van der Waals surface area contributed by atoms with Crippen LogP contribution in [0.4, 0.5) is 4.39 Å². The molecule has 30 heavy (non-hydrogen) atoms. The predicted molar refractivity (Wildman–Crippen MR) is 115 cm³/mol. The molecule has 0 saturated carbocycles. The Morgan fingerprint density at radius 3 is 2.63 bits per heavy atom. The lowest BCUT2D eigenvalue weighted by Crippen LogP contribution is -2.37. The van der Waals surface area contributed by atoms with E-state index in [1.165, 1.54) is 33.8 Å². The lowest BCUT2D eigenvalue weighted by Gasteiger charge is -2.37. The highest BCUT2D eigenvalue weighted by molar-refractivity contribution is 7.17. The molecule has 0 spiro atoms. The Hall–Kier alpha value is -2.77. The monoisotopic (exact) mass is 422 g/mol. The van der Waals surface area contributed by atoms with Crippen molar-refractivity contribution >= 4 is 16.3 Å². The first-order chi connectivity index (χ1) is 14.7. The van der Waals surface area contributed by atoms with Crippen LogP contribution in [0.3, 0.4) is 0 Å². The van der Waals surface area contributed by atoms with Gasteiger partial charge in [0.15, 0.2) is 0 Å². The number of aromatic hydroxyl groups is 1. The Labute approximate surface area is 178 Å². The van der Waals surface area contributed by atoms with Crippen molar-refractivity contribution in [3.8, 4) is 5.88 Å². The molecule has 1 atom stereocenters. The molecule has 7 heteroatoms. The van der Waals surface area contributed by atoms with Crippen LogP contribution < -0.4 is 0 Å². The molecule has 1 aliphatic rings. The van der Waals surface area contributed by atoms with E-state index in [1.807, 2.05) is 6.07 Å². The Balaban J connectivity index is 1.41. The van der Waals surface area contributed by atoms with Gasteiger partial charge in [-0.1, -0.05) is 53.8 Å². The zero-order valence-electron chi connectivity index (χ0n) is 16.5. The van der Waals surface area contributed by atoms with Gasteiger partial charge in [0, 0.05) is 0 Å². The maximum atomic E-state index is 14.1. The van der Waals surface area contributed by atoms with Crippen LogP contribution >= 0.6 is 11.3 Å². The van der Waals surface area contributed by atoms with E-state index < -0.39 is 0 Å². The lowest BCUT2D eigenvalue weighted by atomic mass is 9.89. The minimum Gasteiger partial charge on any atom is -0.492 e. The topological polar surface area (TPSA) is 53.7 Å². The highest BCUT2D eigenvalue weighted by Crippen LogP contribution is 2.41. The maximum absolute atomic E-state index is 14.1. The molecule has 4 aromatic rings. The molecule has 1 aliphatic heterocycles. The van der Waals surface area contributed by atoms with E-state index in [-0.39, 0.29) is 17.7 Å². The molecule has 154 valence electrons. The lowest BCUT2D eigenvalue weighted by molar-refractivity contribution is 0.150. The number of likely N-dealkylation sites (tertiary alicyclic amines) is 1. The van der Waals surface area contributed by atoms with Crippen molar-refractivity contribution in [3.63, 3.8) is 0 Å². The van der Waals surface area contributed by atoms with E-state index >= 15 is 0 Å². The molecule has 1 unspecified atom stereocenters. The first kappa shape index (κ1) is 19.2. The number of aromatic nitrogens is 3. The SMILES string of the molecule is Oc1c(C(c2cccc(F)c2)N2CCC(Cc3ccccc3)CC2)sc2ncnn12. The van der Waals surface area contributed by atoms with Crippen molar-refractivity contribution in [2.24, 2.45) is 5.92 Å². The van der Waals surface area contributed by atoms with Crippen molar-refractivity contribution in [2.45, 2.75) is 25.3 Å². The third-order valence-corrected chi connectivity index (χ3v) is 7.02. The molecule has 5 nitrogen and oxygen atoms in total. The fourth-order valence-corrected chi connectivity index (χ4v) is 5.53. The highest BCUT2D eigenvalue weighted by Gasteiger charge is 2.32. The molecule has 0 aliphatic carbocycles.